The molecular formula is C5H13ClFN. The van der Waals surface area contributed by atoms with Crippen molar-refractivity contribution >= 4 is 12.4 Å². The van der Waals surface area contributed by atoms with Gasteiger partial charge >= 0.3 is 0 Å². The molecule has 1 nitrogen and oxygen atoms in total. The Hall–Kier alpha value is 0.180. The summed E-state index contributed by atoms with van der Waals surface area (Å²) in [5.74, 6) is 0. The highest BCUT2D eigenvalue weighted by atomic mass is 35.5. The first kappa shape index (κ1) is 11.0. The molecule has 0 amide bonds. The summed E-state index contributed by atoms with van der Waals surface area (Å²) in [5, 5.41) is 2.92. The molecule has 0 unspecified atom stereocenters. The van der Waals surface area contributed by atoms with E-state index in [1.807, 2.05) is 13.8 Å². The van der Waals surface area contributed by atoms with E-state index < -0.39 is 0 Å². The zero-order chi connectivity index (χ0) is 5.70. The van der Waals surface area contributed by atoms with E-state index in [0.717, 1.165) is 0 Å². The second kappa shape index (κ2) is 7.18. The van der Waals surface area contributed by atoms with Gasteiger partial charge in [0.25, 0.3) is 0 Å². The van der Waals surface area contributed by atoms with Gasteiger partial charge in [-0.3, -0.25) is 0 Å². The van der Waals surface area contributed by atoms with Crippen LogP contribution in [0.3, 0.4) is 0 Å². The van der Waals surface area contributed by atoms with Gasteiger partial charge in [-0.05, 0) is 0 Å². The first-order valence-corrected chi connectivity index (χ1v) is 2.56. The second-order valence-electron chi connectivity index (χ2n) is 1.80. The van der Waals surface area contributed by atoms with E-state index in [1.165, 1.54) is 0 Å². The maximum atomic E-state index is 11.3. The van der Waals surface area contributed by atoms with Crippen LogP contribution >= 0.6 is 12.4 Å². The van der Waals surface area contributed by atoms with Crippen molar-refractivity contribution in [3.05, 3.63) is 0 Å². The fourth-order valence-corrected chi connectivity index (χ4v) is 0.343. The number of alkyl halides is 1. The Kier molecular flexibility index (Phi) is 9.91. The fourth-order valence-electron chi connectivity index (χ4n) is 0.343. The Morgan fingerprint density at radius 2 is 2.00 bits per heavy atom. The normalized spacial score (nSPS) is 9.00. The molecule has 0 heterocycles. The summed E-state index contributed by atoms with van der Waals surface area (Å²) in [6.45, 7) is 4.21. The van der Waals surface area contributed by atoms with Crippen molar-refractivity contribution in [1.82, 2.24) is 5.32 Å². The lowest BCUT2D eigenvalue weighted by Gasteiger charge is -2.02. The van der Waals surface area contributed by atoms with Gasteiger partial charge in [-0.2, -0.15) is 0 Å². The van der Waals surface area contributed by atoms with Crippen molar-refractivity contribution in [3.63, 3.8) is 0 Å². The molecule has 0 rings (SSSR count). The highest BCUT2D eigenvalue weighted by molar-refractivity contribution is 5.85. The predicted octanol–water partition coefficient (Wildman–Crippen LogP) is 1.38. The highest BCUT2D eigenvalue weighted by Gasteiger charge is 1.86. The van der Waals surface area contributed by atoms with Gasteiger partial charge in [0, 0.05) is 12.6 Å². The predicted molar refractivity (Wildman–Crippen MR) is 36.4 cm³/mol. The molecule has 0 radical (unpaired) electrons. The van der Waals surface area contributed by atoms with Gasteiger partial charge in [-0.25, -0.2) is 4.39 Å². The molecule has 0 saturated heterocycles. The molecule has 0 bridgehead atoms. The van der Waals surface area contributed by atoms with Crippen LogP contribution in [0.5, 0.6) is 0 Å². The van der Waals surface area contributed by atoms with Crippen LogP contribution in [0, 0.1) is 0 Å². The van der Waals surface area contributed by atoms with Gasteiger partial charge < -0.3 is 5.32 Å². The molecule has 0 aliphatic heterocycles. The van der Waals surface area contributed by atoms with Crippen LogP contribution in [0.2, 0.25) is 0 Å². The van der Waals surface area contributed by atoms with Gasteiger partial charge in [-0.1, -0.05) is 13.8 Å². The van der Waals surface area contributed by atoms with Gasteiger partial charge in [0.2, 0.25) is 0 Å². The molecule has 0 aromatic carbocycles. The SMILES string of the molecule is CC(C)NCCF.Cl. The van der Waals surface area contributed by atoms with E-state index in [1.54, 1.807) is 0 Å². The molecule has 3 heteroatoms. The third-order valence-corrected chi connectivity index (χ3v) is 0.647. The van der Waals surface area contributed by atoms with E-state index in [-0.39, 0.29) is 19.1 Å². The van der Waals surface area contributed by atoms with Crippen LogP contribution in [0.25, 0.3) is 0 Å². The molecule has 0 fully saturated rings. The maximum absolute atomic E-state index is 11.3. The molecular weight excluding hydrogens is 129 g/mol. The summed E-state index contributed by atoms with van der Waals surface area (Å²) < 4.78 is 11.3. The van der Waals surface area contributed by atoms with Crippen LogP contribution < -0.4 is 5.32 Å². The Morgan fingerprint density at radius 3 is 2.12 bits per heavy atom. The van der Waals surface area contributed by atoms with Crippen LogP contribution in [-0.4, -0.2) is 19.3 Å². The van der Waals surface area contributed by atoms with E-state index >= 15 is 0 Å². The lowest BCUT2D eigenvalue weighted by Crippen LogP contribution is -2.24. The van der Waals surface area contributed by atoms with Crippen molar-refractivity contribution in [1.29, 1.82) is 0 Å². The van der Waals surface area contributed by atoms with Crippen LogP contribution in [0.1, 0.15) is 13.8 Å². The number of halogens is 2. The topological polar surface area (TPSA) is 12.0 Å². The molecule has 0 aliphatic carbocycles. The minimum absolute atomic E-state index is 0. The van der Waals surface area contributed by atoms with E-state index in [0.29, 0.717) is 12.6 Å². The largest absolute Gasteiger partial charge is 0.312 e. The Balaban J connectivity index is 0. The fraction of sp³-hybridized carbons (Fsp3) is 1.00. The van der Waals surface area contributed by atoms with Crippen LogP contribution in [-0.2, 0) is 0 Å². The van der Waals surface area contributed by atoms with Crippen molar-refractivity contribution in [2.75, 3.05) is 13.2 Å². The average Bonchev–Trinajstić information content (AvgIpc) is 1.61. The lowest BCUT2D eigenvalue weighted by molar-refractivity contribution is 0.448. The summed E-state index contributed by atoms with van der Waals surface area (Å²) in [5.41, 5.74) is 0. The summed E-state index contributed by atoms with van der Waals surface area (Å²) in [4.78, 5) is 0. The summed E-state index contributed by atoms with van der Waals surface area (Å²) in [6.07, 6.45) is 0. The Labute approximate surface area is 56.1 Å². The second-order valence-corrected chi connectivity index (χ2v) is 1.80. The first-order chi connectivity index (χ1) is 3.27. The number of nitrogens with one attached hydrogen (secondary N) is 1. The average molecular weight is 142 g/mol. The van der Waals surface area contributed by atoms with Crippen molar-refractivity contribution < 1.29 is 4.39 Å². The third-order valence-electron chi connectivity index (χ3n) is 0.647. The van der Waals surface area contributed by atoms with Crippen molar-refractivity contribution in [3.8, 4) is 0 Å². The van der Waals surface area contributed by atoms with Crippen molar-refractivity contribution in [2.45, 2.75) is 19.9 Å². The van der Waals surface area contributed by atoms with E-state index in [4.69, 9.17) is 0 Å². The zero-order valence-corrected chi connectivity index (χ0v) is 6.09. The molecule has 1 N–H and O–H groups in total. The Morgan fingerprint density at radius 1 is 1.50 bits per heavy atom. The standard InChI is InChI=1S/C5H12FN.ClH/c1-5(2)7-4-3-6;/h5,7H,3-4H2,1-2H3;1H. The number of hydrogen-bond acceptors (Lipinski definition) is 1. The smallest absolute Gasteiger partial charge is 0.102 e. The lowest BCUT2D eigenvalue weighted by atomic mass is 10.4. The monoisotopic (exact) mass is 141 g/mol. The number of hydrogen-bond donors (Lipinski definition) is 1. The molecule has 0 atom stereocenters. The van der Waals surface area contributed by atoms with E-state index in [9.17, 15) is 4.39 Å². The van der Waals surface area contributed by atoms with E-state index in [2.05, 4.69) is 5.32 Å². The molecule has 0 aromatic rings. The summed E-state index contributed by atoms with van der Waals surface area (Å²) in [7, 11) is 0. The highest BCUT2D eigenvalue weighted by Crippen LogP contribution is 1.73. The molecule has 0 aliphatic rings. The Bertz CT molecular complexity index is 41.4. The van der Waals surface area contributed by atoms with Gasteiger partial charge in [-0.15, -0.1) is 12.4 Å². The maximum Gasteiger partial charge on any atom is 0.102 e. The number of rotatable bonds is 3. The van der Waals surface area contributed by atoms with Crippen molar-refractivity contribution in [2.24, 2.45) is 0 Å². The molecule has 0 saturated carbocycles. The molecule has 0 aromatic heterocycles. The van der Waals surface area contributed by atoms with Crippen LogP contribution in [0.4, 0.5) is 4.39 Å². The van der Waals surface area contributed by atoms with Crippen LogP contribution in [0.15, 0.2) is 0 Å². The summed E-state index contributed by atoms with van der Waals surface area (Å²) >= 11 is 0. The molecule has 52 valence electrons. The van der Waals surface area contributed by atoms with Gasteiger partial charge in [0.05, 0.1) is 0 Å². The molecule has 0 spiro atoms. The minimum atomic E-state index is -0.266. The summed E-state index contributed by atoms with van der Waals surface area (Å²) in [6, 6.07) is 0.413. The van der Waals surface area contributed by atoms with Gasteiger partial charge in [0.1, 0.15) is 6.67 Å². The third kappa shape index (κ3) is 9.49. The molecule has 8 heavy (non-hydrogen) atoms. The zero-order valence-electron chi connectivity index (χ0n) is 5.28. The first-order valence-electron chi connectivity index (χ1n) is 2.56. The van der Waals surface area contributed by atoms with Gasteiger partial charge in [0.15, 0.2) is 0 Å². The quantitative estimate of drug-likeness (QED) is 0.626. The minimum Gasteiger partial charge on any atom is -0.312 e.